The van der Waals surface area contributed by atoms with Crippen LogP contribution < -0.4 is 5.32 Å². The molecule has 1 aliphatic carbocycles. The molecule has 2 heterocycles. The first-order valence-electron chi connectivity index (χ1n) is 10.8. The molecule has 2 atom stereocenters. The number of rotatable bonds is 6. The van der Waals surface area contributed by atoms with E-state index in [0.717, 1.165) is 25.2 Å². The number of halogens is 2. The van der Waals surface area contributed by atoms with Gasteiger partial charge in [0, 0.05) is 51.9 Å². The lowest BCUT2D eigenvalue weighted by molar-refractivity contribution is -0.135. The van der Waals surface area contributed by atoms with Gasteiger partial charge in [0.1, 0.15) is 11.6 Å². The SMILES string of the molecule is CN(C)C(=O)[C@H]1CN(CC2(C)CC2)CC[C@@H]1NC(=O)c1cc(-c2ccc(F)cc2F)on1. The minimum atomic E-state index is -0.804. The van der Waals surface area contributed by atoms with Crippen LogP contribution >= 0.6 is 0 Å². The van der Waals surface area contributed by atoms with E-state index in [1.807, 2.05) is 0 Å². The van der Waals surface area contributed by atoms with Gasteiger partial charge in [-0.3, -0.25) is 9.59 Å². The Kier molecular flexibility index (Phi) is 6.03. The molecule has 2 aliphatic rings. The summed E-state index contributed by atoms with van der Waals surface area (Å²) < 4.78 is 32.3. The van der Waals surface area contributed by atoms with E-state index < -0.39 is 17.5 Å². The second-order valence-electron chi connectivity index (χ2n) is 9.45. The molecule has 172 valence electrons. The van der Waals surface area contributed by atoms with Crippen LogP contribution in [-0.4, -0.2) is 66.5 Å². The summed E-state index contributed by atoms with van der Waals surface area (Å²) in [6.45, 7) is 4.60. The van der Waals surface area contributed by atoms with E-state index in [1.165, 1.54) is 25.0 Å². The maximum Gasteiger partial charge on any atom is 0.273 e. The van der Waals surface area contributed by atoms with Crippen molar-refractivity contribution in [2.45, 2.75) is 32.2 Å². The number of nitrogens with zero attached hydrogens (tertiary/aromatic N) is 3. The minimum Gasteiger partial charge on any atom is -0.355 e. The predicted octanol–water partition coefficient (Wildman–Crippen LogP) is 2.93. The topological polar surface area (TPSA) is 78.7 Å². The second-order valence-corrected chi connectivity index (χ2v) is 9.45. The van der Waals surface area contributed by atoms with Gasteiger partial charge in [-0.1, -0.05) is 12.1 Å². The minimum absolute atomic E-state index is 0.0143. The van der Waals surface area contributed by atoms with E-state index in [0.29, 0.717) is 18.4 Å². The normalized spacial score (nSPS) is 22.4. The molecule has 0 bridgehead atoms. The molecule has 9 heteroatoms. The lowest BCUT2D eigenvalue weighted by atomic mass is 9.89. The summed E-state index contributed by atoms with van der Waals surface area (Å²) >= 11 is 0. The summed E-state index contributed by atoms with van der Waals surface area (Å²) in [6.07, 6.45) is 3.06. The van der Waals surface area contributed by atoms with Crippen LogP contribution in [0.5, 0.6) is 0 Å². The molecular weight excluding hydrogens is 418 g/mol. The van der Waals surface area contributed by atoms with E-state index in [2.05, 4.69) is 22.3 Å². The number of aromatic nitrogens is 1. The highest BCUT2D eigenvalue weighted by atomic mass is 19.1. The number of hydrogen-bond acceptors (Lipinski definition) is 5. The summed E-state index contributed by atoms with van der Waals surface area (Å²) in [5.41, 5.74) is 0.335. The summed E-state index contributed by atoms with van der Waals surface area (Å²) in [6, 6.07) is 4.05. The van der Waals surface area contributed by atoms with Gasteiger partial charge in [0.25, 0.3) is 5.91 Å². The number of piperidine rings is 1. The molecule has 0 unspecified atom stereocenters. The van der Waals surface area contributed by atoms with Crippen molar-refractivity contribution in [2.24, 2.45) is 11.3 Å². The molecule has 32 heavy (non-hydrogen) atoms. The molecule has 2 amide bonds. The Balaban J connectivity index is 1.46. The monoisotopic (exact) mass is 446 g/mol. The highest BCUT2D eigenvalue weighted by Crippen LogP contribution is 2.46. The number of carbonyl (C=O) groups excluding carboxylic acids is 2. The average Bonchev–Trinajstić information content (AvgIpc) is 3.25. The standard InChI is InChI=1S/C23H28F2N4O3/c1-23(7-8-23)13-29-9-6-18(16(12-29)22(31)28(2)3)26-21(30)19-11-20(32-27-19)15-5-4-14(24)10-17(15)25/h4-5,10-11,16,18H,6-9,12-13H2,1-3H3,(H,26,30)/t16-,18-/m0/s1. The molecule has 4 rings (SSSR count). The fraction of sp³-hybridized carbons (Fsp3) is 0.522. The molecule has 1 saturated carbocycles. The molecule has 7 nitrogen and oxygen atoms in total. The first-order valence-corrected chi connectivity index (χ1v) is 10.8. The molecule has 1 aromatic heterocycles. The Hall–Kier alpha value is -2.81. The van der Waals surface area contributed by atoms with Crippen LogP contribution in [-0.2, 0) is 4.79 Å². The van der Waals surface area contributed by atoms with Crippen molar-refractivity contribution < 1.29 is 22.9 Å². The van der Waals surface area contributed by atoms with Crippen LogP contribution in [0.25, 0.3) is 11.3 Å². The highest BCUT2D eigenvalue weighted by Gasteiger charge is 2.42. The van der Waals surface area contributed by atoms with E-state index in [9.17, 15) is 18.4 Å². The van der Waals surface area contributed by atoms with Gasteiger partial charge in [-0.05, 0) is 36.8 Å². The van der Waals surface area contributed by atoms with Gasteiger partial charge in [-0.2, -0.15) is 0 Å². The van der Waals surface area contributed by atoms with Gasteiger partial charge in [-0.25, -0.2) is 8.78 Å². The Bertz CT molecular complexity index is 1020. The van der Waals surface area contributed by atoms with Crippen LogP contribution in [0.3, 0.4) is 0 Å². The lowest BCUT2D eigenvalue weighted by Gasteiger charge is -2.40. The zero-order valence-corrected chi connectivity index (χ0v) is 18.5. The van der Waals surface area contributed by atoms with Gasteiger partial charge in [-0.15, -0.1) is 0 Å². The number of benzene rings is 1. The average molecular weight is 446 g/mol. The summed E-state index contributed by atoms with van der Waals surface area (Å²) in [5.74, 6) is -2.38. The quantitative estimate of drug-likeness (QED) is 0.738. The zero-order chi connectivity index (χ0) is 23.0. The fourth-order valence-electron chi connectivity index (χ4n) is 4.27. The van der Waals surface area contributed by atoms with Crippen molar-refractivity contribution in [3.8, 4) is 11.3 Å². The van der Waals surface area contributed by atoms with E-state index in [1.54, 1.807) is 19.0 Å². The van der Waals surface area contributed by atoms with Gasteiger partial charge in [0.05, 0.1) is 11.5 Å². The third kappa shape index (κ3) is 4.82. The van der Waals surface area contributed by atoms with E-state index >= 15 is 0 Å². The van der Waals surface area contributed by atoms with Crippen LogP contribution in [0.1, 0.15) is 36.7 Å². The number of nitrogens with one attached hydrogen (secondary N) is 1. The van der Waals surface area contributed by atoms with Gasteiger partial charge in [0.15, 0.2) is 11.5 Å². The Morgan fingerprint density at radius 1 is 1.28 bits per heavy atom. The summed E-state index contributed by atoms with van der Waals surface area (Å²) in [4.78, 5) is 29.5. The number of likely N-dealkylation sites (tertiary alicyclic amines) is 1. The molecule has 0 radical (unpaired) electrons. The van der Waals surface area contributed by atoms with Crippen molar-refractivity contribution in [3.63, 3.8) is 0 Å². The molecule has 2 aromatic rings. The number of carbonyl (C=O) groups is 2. The summed E-state index contributed by atoms with van der Waals surface area (Å²) in [7, 11) is 3.42. The third-order valence-electron chi connectivity index (χ3n) is 6.42. The van der Waals surface area contributed by atoms with Gasteiger partial charge >= 0.3 is 0 Å². The van der Waals surface area contributed by atoms with Crippen molar-refractivity contribution in [1.29, 1.82) is 0 Å². The molecule has 1 N–H and O–H groups in total. The molecule has 1 aliphatic heterocycles. The lowest BCUT2D eigenvalue weighted by Crippen LogP contribution is -2.56. The van der Waals surface area contributed by atoms with Crippen molar-refractivity contribution in [3.05, 3.63) is 41.6 Å². The largest absolute Gasteiger partial charge is 0.355 e. The Morgan fingerprint density at radius 2 is 2.03 bits per heavy atom. The molecule has 1 saturated heterocycles. The zero-order valence-electron chi connectivity index (χ0n) is 18.5. The smallest absolute Gasteiger partial charge is 0.273 e. The Morgan fingerprint density at radius 3 is 2.69 bits per heavy atom. The third-order valence-corrected chi connectivity index (χ3v) is 6.42. The molecule has 0 spiro atoms. The van der Waals surface area contributed by atoms with Crippen LogP contribution in [0, 0.1) is 23.0 Å². The number of amides is 2. The van der Waals surface area contributed by atoms with Crippen LogP contribution in [0.2, 0.25) is 0 Å². The second kappa shape index (κ2) is 8.61. The highest BCUT2D eigenvalue weighted by molar-refractivity contribution is 5.94. The molecule has 1 aromatic carbocycles. The summed E-state index contributed by atoms with van der Waals surface area (Å²) in [5, 5.41) is 6.66. The van der Waals surface area contributed by atoms with Crippen LogP contribution in [0.15, 0.2) is 28.8 Å². The molecular formula is C23H28F2N4O3. The van der Waals surface area contributed by atoms with Crippen molar-refractivity contribution in [1.82, 2.24) is 20.3 Å². The van der Waals surface area contributed by atoms with E-state index in [4.69, 9.17) is 4.52 Å². The first kappa shape index (κ1) is 22.4. The molecule has 2 fully saturated rings. The predicted molar refractivity (Wildman–Crippen MR) is 114 cm³/mol. The van der Waals surface area contributed by atoms with Crippen molar-refractivity contribution in [2.75, 3.05) is 33.7 Å². The maximum atomic E-state index is 14.0. The first-order chi connectivity index (χ1) is 15.1. The Labute approximate surface area is 185 Å². The van der Waals surface area contributed by atoms with Crippen molar-refractivity contribution >= 4 is 11.8 Å². The van der Waals surface area contributed by atoms with Gasteiger partial charge in [0.2, 0.25) is 5.91 Å². The maximum absolute atomic E-state index is 14.0. The van der Waals surface area contributed by atoms with Crippen LogP contribution in [0.4, 0.5) is 8.78 Å². The fourth-order valence-corrected chi connectivity index (χ4v) is 4.27. The van der Waals surface area contributed by atoms with E-state index in [-0.39, 0.29) is 34.9 Å². The van der Waals surface area contributed by atoms with Gasteiger partial charge < -0.3 is 19.6 Å². The number of hydrogen-bond donors (Lipinski definition) is 1.